The van der Waals surface area contributed by atoms with E-state index in [9.17, 15) is 9.59 Å². The summed E-state index contributed by atoms with van der Waals surface area (Å²) in [5.41, 5.74) is 0. The van der Waals surface area contributed by atoms with E-state index >= 15 is 0 Å². The van der Waals surface area contributed by atoms with Gasteiger partial charge in [0.25, 0.3) is 0 Å². The number of aliphatic carboxylic acids is 1. The third-order valence-corrected chi connectivity index (χ3v) is 2.99. The monoisotopic (exact) mass is 345 g/mol. The van der Waals surface area contributed by atoms with Crippen molar-refractivity contribution in [1.29, 1.82) is 0 Å². The minimum Gasteiger partial charge on any atom is -0.493 e. The van der Waals surface area contributed by atoms with Gasteiger partial charge in [0, 0.05) is 17.5 Å². The Morgan fingerprint density at radius 2 is 1.95 bits per heavy atom. The lowest BCUT2D eigenvalue weighted by Crippen LogP contribution is -2.41. The zero-order valence-corrected chi connectivity index (χ0v) is 12.3. The van der Waals surface area contributed by atoms with Gasteiger partial charge >= 0.3 is 5.97 Å². The van der Waals surface area contributed by atoms with Crippen molar-refractivity contribution < 1.29 is 24.5 Å². The van der Waals surface area contributed by atoms with Gasteiger partial charge in [0.05, 0.1) is 13.0 Å². The Kier molecular flexibility index (Phi) is 7.03. The molecule has 0 saturated carbocycles. The van der Waals surface area contributed by atoms with Gasteiger partial charge in [-0.15, -0.1) is 0 Å². The quantitative estimate of drug-likeness (QED) is 0.657. The lowest BCUT2D eigenvalue weighted by molar-refractivity contribution is -0.142. The van der Waals surface area contributed by atoms with Crippen LogP contribution < -0.4 is 10.1 Å². The number of aliphatic hydroxyl groups is 1. The predicted molar refractivity (Wildman–Crippen MR) is 75.5 cm³/mol. The number of aliphatic hydroxyl groups excluding tert-OH is 1. The number of carboxylic acids is 1. The molecule has 1 aromatic carbocycles. The molecular formula is C13H16BrNO5. The second-order valence-corrected chi connectivity index (χ2v) is 4.94. The van der Waals surface area contributed by atoms with Gasteiger partial charge in [-0.3, -0.25) is 4.79 Å². The molecule has 0 aliphatic carbocycles. The summed E-state index contributed by atoms with van der Waals surface area (Å²) < 4.78 is 6.28. The first-order valence-corrected chi connectivity index (χ1v) is 6.83. The first kappa shape index (κ1) is 16.5. The van der Waals surface area contributed by atoms with Crippen LogP contribution in [-0.2, 0) is 9.59 Å². The van der Waals surface area contributed by atoms with Crippen LogP contribution >= 0.6 is 15.9 Å². The van der Waals surface area contributed by atoms with Crippen molar-refractivity contribution in [3.05, 3.63) is 28.7 Å². The van der Waals surface area contributed by atoms with E-state index in [1.165, 1.54) is 0 Å². The highest BCUT2D eigenvalue weighted by molar-refractivity contribution is 9.10. The fourth-order valence-corrected chi connectivity index (χ4v) is 1.71. The van der Waals surface area contributed by atoms with Crippen LogP contribution in [0.5, 0.6) is 5.75 Å². The highest BCUT2D eigenvalue weighted by atomic mass is 79.9. The van der Waals surface area contributed by atoms with E-state index in [1.807, 2.05) is 12.1 Å². The van der Waals surface area contributed by atoms with Crippen LogP contribution in [0.1, 0.15) is 12.8 Å². The Morgan fingerprint density at radius 3 is 2.50 bits per heavy atom. The molecule has 0 radical (unpaired) electrons. The lowest BCUT2D eigenvalue weighted by Gasteiger charge is -2.13. The molecule has 1 atom stereocenters. The van der Waals surface area contributed by atoms with Crippen LogP contribution in [0.4, 0.5) is 0 Å². The zero-order chi connectivity index (χ0) is 15.0. The third kappa shape index (κ3) is 6.03. The van der Waals surface area contributed by atoms with Crippen LogP contribution in [0.25, 0.3) is 0 Å². The molecule has 0 saturated heterocycles. The van der Waals surface area contributed by atoms with Crippen molar-refractivity contribution in [2.75, 3.05) is 13.2 Å². The molecule has 3 N–H and O–H groups in total. The Labute approximate surface area is 124 Å². The molecule has 0 fully saturated rings. The van der Waals surface area contributed by atoms with Gasteiger partial charge in [-0.25, -0.2) is 4.79 Å². The van der Waals surface area contributed by atoms with Gasteiger partial charge in [-0.2, -0.15) is 0 Å². The molecule has 1 rings (SSSR count). The van der Waals surface area contributed by atoms with Crippen molar-refractivity contribution in [3.63, 3.8) is 0 Å². The van der Waals surface area contributed by atoms with Crippen LogP contribution in [0.2, 0.25) is 0 Å². The van der Waals surface area contributed by atoms with Crippen LogP contribution in [0, 0.1) is 0 Å². The second-order valence-electron chi connectivity index (χ2n) is 4.02. The number of benzene rings is 1. The summed E-state index contributed by atoms with van der Waals surface area (Å²) in [4.78, 5) is 22.3. The molecule has 0 bridgehead atoms. The molecule has 1 amide bonds. The average Bonchev–Trinajstić information content (AvgIpc) is 2.40. The molecule has 110 valence electrons. The van der Waals surface area contributed by atoms with E-state index in [4.69, 9.17) is 14.9 Å². The molecule has 0 aliphatic rings. The molecule has 0 heterocycles. The fraction of sp³-hybridized carbons (Fsp3) is 0.385. The standard InChI is InChI=1S/C13H16BrNO5/c14-9-1-3-10(4-2-9)20-8-6-12(17)15-11(5-7-16)13(18)19/h1-4,11,16H,5-8H2,(H,15,17)(H,18,19). The number of nitrogens with one attached hydrogen (secondary N) is 1. The van der Waals surface area contributed by atoms with E-state index in [2.05, 4.69) is 21.2 Å². The molecule has 1 unspecified atom stereocenters. The highest BCUT2D eigenvalue weighted by Crippen LogP contribution is 2.16. The Hall–Kier alpha value is -1.60. The van der Waals surface area contributed by atoms with Crippen molar-refractivity contribution >= 4 is 27.8 Å². The molecule has 0 spiro atoms. The number of hydrogen-bond acceptors (Lipinski definition) is 4. The van der Waals surface area contributed by atoms with E-state index in [0.717, 1.165) is 4.47 Å². The number of carbonyl (C=O) groups is 2. The summed E-state index contributed by atoms with van der Waals surface area (Å²) in [6.07, 6.45) is 0.0277. The molecule has 20 heavy (non-hydrogen) atoms. The SMILES string of the molecule is O=C(CCOc1ccc(Br)cc1)NC(CCO)C(=O)O. The van der Waals surface area contributed by atoms with Gasteiger partial charge in [-0.1, -0.05) is 15.9 Å². The lowest BCUT2D eigenvalue weighted by atomic mass is 10.2. The first-order chi connectivity index (χ1) is 9.52. The average molecular weight is 346 g/mol. The van der Waals surface area contributed by atoms with Crippen LogP contribution in [0.3, 0.4) is 0 Å². The molecule has 6 nitrogen and oxygen atoms in total. The largest absolute Gasteiger partial charge is 0.493 e. The minimum absolute atomic E-state index is 0.0192. The van der Waals surface area contributed by atoms with Crippen molar-refractivity contribution in [2.45, 2.75) is 18.9 Å². The number of halogens is 1. The Bertz CT molecular complexity index is 449. The molecule has 7 heteroatoms. The number of hydrogen-bond donors (Lipinski definition) is 3. The van der Waals surface area contributed by atoms with Gasteiger partial charge < -0.3 is 20.3 Å². The first-order valence-electron chi connectivity index (χ1n) is 6.04. The number of ether oxygens (including phenoxy) is 1. The Balaban J connectivity index is 2.32. The van der Waals surface area contributed by atoms with E-state index < -0.39 is 17.9 Å². The van der Waals surface area contributed by atoms with Crippen LogP contribution in [-0.4, -0.2) is 41.3 Å². The molecular weight excluding hydrogens is 330 g/mol. The van der Waals surface area contributed by atoms with Gasteiger partial charge in [0.2, 0.25) is 5.91 Å². The molecule has 1 aromatic rings. The summed E-state index contributed by atoms with van der Waals surface area (Å²) in [7, 11) is 0. The highest BCUT2D eigenvalue weighted by Gasteiger charge is 2.18. The smallest absolute Gasteiger partial charge is 0.326 e. The predicted octanol–water partition coefficient (Wildman–Crippen LogP) is 1.17. The maximum Gasteiger partial charge on any atom is 0.326 e. The third-order valence-electron chi connectivity index (χ3n) is 2.46. The van der Waals surface area contributed by atoms with E-state index in [-0.39, 0.29) is 26.1 Å². The maximum atomic E-state index is 11.5. The normalized spacial score (nSPS) is 11.7. The fourth-order valence-electron chi connectivity index (χ4n) is 1.45. The maximum absolute atomic E-state index is 11.5. The van der Waals surface area contributed by atoms with Gasteiger partial charge in [-0.05, 0) is 24.3 Å². The van der Waals surface area contributed by atoms with Gasteiger partial charge in [0.1, 0.15) is 11.8 Å². The summed E-state index contributed by atoms with van der Waals surface area (Å²) >= 11 is 3.30. The van der Waals surface area contributed by atoms with Crippen LogP contribution in [0.15, 0.2) is 28.7 Å². The number of amides is 1. The summed E-state index contributed by atoms with van der Waals surface area (Å²) in [5, 5.41) is 19.9. The summed E-state index contributed by atoms with van der Waals surface area (Å²) in [6.45, 7) is -0.147. The van der Waals surface area contributed by atoms with Crippen molar-refractivity contribution in [3.8, 4) is 5.75 Å². The zero-order valence-electron chi connectivity index (χ0n) is 10.7. The number of rotatable bonds is 8. The minimum atomic E-state index is -1.17. The van der Waals surface area contributed by atoms with E-state index in [1.54, 1.807) is 12.1 Å². The van der Waals surface area contributed by atoms with Gasteiger partial charge in [0.15, 0.2) is 0 Å². The Morgan fingerprint density at radius 1 is 1.30 bits per heavy atom. The van der Waals surface area contributed by atoms with Crippen molar-refractivity contribution in [1.82, 2.24) is 5.32 Å². The van der Waals surface area contributed by atoms with Crippen molar-refractivity contribution in [2.24, 2.45) is 0 Å². The summed E-state index contributed by atoms with van der Waals surface area (Å²) in [5.74, 6) is -0.963. The summed E-state index contributed by atoms with van der Waals surface area (Å²) in [6, 6.07) is 6.08. The molecule has 0 aromatic heterocycles. The number of carboxylic acid groups (broad SMARTS) is 1. The molecule has 0 aliphatic heterocycles. The van der Waals surface area contributed by atoms with E-state index in [0.29, 0.717) is 5.75 Å². The topological polar surface area (TPSA) is 95.9 Å². The second kappa shape index (κ2) is 8.55. The number of carbonyl (C=O) groups excluding carboxylic acids is 1.